The molecule has 8 aliphatic rings. The molecular formula is C40H52B2N4Na2O14. The molecule has 62 heavy (non-hydrogen) atoms. The van der Waals surface area contributed by atoms with Crippen molar-refractivity contribution in [2.24, 2.45) is 0 Å². The van der Waals surface area contributed by atoms with Crippen LogP contribution in [0.5, 0.6) is 11.5 Å². The number of hydrogen-bond donors (Lipinski definition) is 8. The number of likely N-dealkylation sites (tertiary alicyclic amines) is 2. The van der Waals surface area contributed by atoms with Crippen molar-refractivity contribution in [3.8, 4) is 11.5 Å². The number of ether oxygens (including phenoxy) is 4. The Morgan fingerprint density at radius 1 is 0.645 bits per heavy atom. The molecule has 324 valence electrons. The molecule has 4 saturated heterocycles. The fourth-order valence-corrected chi connectivity index (χ4v) is 10.3. The minimum Gasteiger partial charge on any atom is -0.583 e. The zero-order valence-corrected chi connectivity index (χ0v) is 39.2. The van der Waals surface area contributed by atoms with Gasteiger partial charge in [-0.15, -0.1) is 11.6 Å². The second kappa shape index (κ2) is 18.9. The first-order valence-electron chi connectivity index (χ1n) is 21.2. The summed E-state index contributed by atoms with van der Waals surface area (Å²) in [5, 5.41) is 67.3. The maximum Gasteiger partial charge on any atom is 1.00 e. The molecular weight excluding hydrogens is 828 g/mol. The summed E-state index contributed by atoms with van der Waals surface area (Å²) in [6.45, 7) is 0.553. The summed E-state index contributed by atoms with van der Waals surface area (Å²) in [5.74, 6) is -2.12. The van der Waals surface area contributed by atoms with Crippen LogP contribution in [0.25, 0.3) is 0 Å². The van der Waals surface area contributed by atoms with Gasteiger partial charge in [0.2, 0.25) is 24.9 Å². The summed E-state index contributed by atoms with van der Waals surface area (Å²) in [7, 11) is 0. The van der Waals surface area contributed by atoms with E-state index in [0.717, 1.165) is 24.2 Å². The molecule has 2 aromatic carbocycles. The molecule has 6 heterocycles. The van der Waals surface area contributed by atoms with Crippen LogP contribution in [0.3, 0.4) is 0 Å². The van der Waals surface area contributed by atoms with Gasteiger partial charge < -0.3 is 69.7 Å². The fourth-order valence-electron chi connectivity index (χ4n) is 10.3. The molecule has 6 aliphatic heterocycles. The standard InChI is InChI=1S/2C20H26BN2O7.2Na/c2*24-18(5-11-8-22-3-4-29-11)23-9-12(10-23)30-17-2-1-13-14-6-16(14)21(27,28)7-15(13)19(17)20(25)26;;/h2*1-2,11-12,14,16,22,27-28H,3-10H2,(H,25,26);;/q2*-1;2*+1/t2*11-,14+,16+;;/m11../s1. The van der Waals surface area contributed by atoms with Gasteiger partial charge in [-0.3, -0.25) is 9.59 Å². The largest absolute Gasteiger partial charge is 1.00 e. The maximum atomic E-state index is 12.4. The summed E-state index contributed by atoms with van der Waals surface area (Å²) in [6.07, 6.45) is 1.08. The molecule has 0 unspecified atom stereocenters. The van der Waals surface area contributed by atoms with Crippen LogP contribution in [0.15, 0.2) is 24.3 Å². The molecule has 2 saturated carbocycles. The normalized spacial score (nSPS) is 28.5. The number of benzene rings is 2. The van der Waals surface area contributed by atoms with E-state index in [0.29, 0.717) is 89.3 Å². The van der Waals surface area contributed by atoms with Crippen molar-refractivity contribution in [3.63, 3.8) is 0 Å². The second-order valence-electron chi connectivity index (χ2n) is 18.0. The van der Waals surface area contributed by atoms with Crippen LogP contribution in [-0.2, 0) is 31.7 Å². The number of carbonyl (C=O) groups excluding carboxylic acids is 2. The van der Waals surface area contributed by atoms with E-state index in [-0.39, 0.29) is 154 Å². The molecule has 22 heteroatoms. The summed E-state index contributed by atoms with van der Waals surface area (Å²) in [5.41, 5.74) is 2.74. The number of fused-ring (bicyclic) bond motifs is 6. The first kappa shape index (κ1) is 47.7. The molecule has 0 aromatic heterocycles. The van der Waals surface area contributed by atoms with Gasteiger partial charge in [-0.2, -0.15) is 0 Å². The Morgan fingerprint density at radius 3 is 1.37 bits per heavy atom. The number of rotatable bonds is 10. The van der Waals surface area contributed by atoms with Crippen LogP contribution in [0.1, 0.15) is 80.5 Å². The Kier molecular flexibility index (Phi) is 14.5. The predicted molar refractivity (Wildman–Crippen MR) is 213 cm³/mol. The Balaban J connectivity index is 0.000000181. The van der Waals surface area contributed by atoms with E-state index in [1.165, 1.54) is 0 Å². The third kappa shape index (κ3) is 9.79. The van der Waals surface area contributed by atoms with Crippen molar-refractivity contribution < 1.29 is 128 Å². The van der Waals surface area contributed by atoms with E-state index in [4.69, 9.17) is 18.9 Å². The minimum absolute atomic E-state index is 0. The number of hydrogen-bond acceptors (Lipinski definition) is 14. The van der Waals surface area contributed by atoms with E-state index in [9.17, 15) is 49.5 Å². The molecule has 0 spiro atoms. The van der Waals surface area contributed by atoms with Crippen LogP contribution >= 0.6 is 0 Å². The van der Waals surface area contributed by atoms with Crippen molar-refractivity contribution in [1.82, 2.24) is 20.4 Å². The number of carboxylic acids is 2. The van der Waals surface area contributed by atoms with Gasteiger partial charge in [0.25, 0.3) is 0 Å². The third-order valence-electron chi connectivity index (χ3n) is 13.7. The van der Waals surface area contributed by atoms with E-state index in [1.54, 1.807) is 21.9 Å². The number of morpholine rings is 2. The van der Waals surface area contributed by atoms with Gasteiger partial charge in [-0.25, -0.2) is 9.59 Å². The summed E-state index contributed by atoms with van der Waals surface area (Å²) < 4.78 is 23.0. The van der Waals surface area contributed by atoms with Crippen molar-refractivity contribution in [1.29, 1.82) is 0 Å². The van der Waals surface area contributed by atoms with Gasteiger partial charge in [0.1, 0.15) is 34.8 Å². The van der Waals surface area contributed by atoms with E-state index in [2.05, 4.69) is 10.6 Å². The zero-order chi connectivity index (χ0) is 42.1. The van der Waals surface area contributed by atoms with Crippen molar-refractivity contribution in [3.05, 3.63) is 57.6 Å². The Bertz CT molecular complexity index is 1920. The number of nitrogens with zero attached hydrogens (tertiary/aromatic N) is 2. The second-order valence-corrected chi connectivity index (χ2v) is 18.0. The van der Waals surface area contributed by atoms with Crippen LogP contribution in [0.2, 0.25) is 11.6 Å². The summed E-state index contributed by atoms with van der Waals surface area (Å²) in [4.78, 5) is 52.1. The number of carboxylic acid groups (broad SMARTS) is 2. The maximum absolute atomic E-state index is 12.4. The smallest absolute Gasteiger partial charge is 0.583 e. The van der Waals surface area contributed by atoms with Gasteiger partial charge in [0.05, 0.1) is 64.4 Å². The average molecular weight is 880 g/mol. The van der Waals surface area contributed by atoms with Crippen LogP contribution in [0, 0.1) is 0 Å². The Morgan fingerprint density at radius 2 is 1.03 bits per heavy atom. The molecule has 10 rings (SSSR count). The van der Waals surface area contributed by atoms with Gasteiger partial charge in [-0.1, -0.05) is 48.7 Å². The van der Waals surface area contributed by atoms with E-state index >= 15 is 0 Å². The van der Waals surface area contributed by atoms with E-state index in [1.807, 2.05) is 12.1 Å². The number of aromatic carboxylic acids is 2. The topological polar surface area (TPSA) is 257 Å². The van der Waals surface area contributed by atoms with Gasteiger partial charge >= 0.3 is 71.1 Å². The molecule has 18 nitrogen and oxygen atoms in total. The first-order chi connectivity index (χ1) is 28.7. The number of nitrogens with one attached hydrogen (secondary N) is 2. The monoisotopic (exact) mass is 880 g/mol. The molecule has 0 bridgehead atoms. The van der Waals surface area contributed by atoms with Gasteiger partial charge in [0.15, 0.2) is 0 Å². The third-order valence-corrected chi connectivity index (χ3v) is 13.7. The van der Waals surface area contributed by atoms with Gasteiger partial charge in [0, 0.05) is 26.2 Å². The Labute approximate surface area is 402 Å². The van der Waals surface area contributed by atoms with Crippen LogP contribution in [-0.4, -0.2) is 167 Å². The number of carbonyl (C=O) groups is 4. The molecule has 0 radical (unpaired) electrons. The Hall–Kier alpha value is -2.27. The fraction of sp³-hybridized carbons (Fsp3) is 0.600. The predicted octanol–water partition coefficient (Wildman–Crippen LogP) is -6.53. The zero-order valence-electron chi connectivity index (χ0n) is 35.2. The average Bonchev–Trinajstić information content (AvgIpc) is 4.09. The molecule has 6 fully saturated rings. The number of amides is 2. The van der Waals surface area contributed by atoms with Crippen molar-refractivity contribution in [2.45, 2.75) is 86.2 Å². The summed E-state index contributed by atoms with van der Waals surface area (Å²) >= 11 is 0. The van der Waals surface area contributed by atoms with Crippen LogP contribution < -0.4 is 79.2 Å². The molecule has 6 atom stereocenters. The quantitative estimate of drug-likeness (QED) is 0.103. The molecule has 2 amide bonds. The first-order valence-corrected chi connectivity index (χ1v) is 21.2. The minimum atomic E-state index is -2.58. The SMILES string of the molecule is O=C(O)c1c(OC2CN(C(=O)C[C@@H]3CNCCO3)C2)ccc2c1C[B-](O)(O)[C@H]1C[C@@H]21.O=C(O)c1c(OC2CN(C(=O)C[C@@H]3CNCCO3)C2)ccc2c1C[B-](O)(O)[C@H]1C[C@@H]21.[Na+].[Na+]. The van der Waals surface area contributed by atoms with Crippen LogP contribution in [0.4, 0.5) is 0 Å². The summed E-state index contributed by atoms with van der Waals surface area (Å²) in [6, 6.07) is 7.03. The molecule has 2 aliphatic carbocycles. The molecule has 8 N–H and O–H groups in total. The van der Waals surface area contributed by atoms with E-state index < -0.39 is 25.0 Å². The molecule has 2 aromatic rings. The van der Waals surface area contributed by atoms with Crippen molar-refractivity contribution in [2.75, 3.05) is 65.6 Å². The van der Waals surface area contributed by atoms with Gasteiger partial charge in [-0.05, 0) is 35.1 Å². The van der Waals surface area contributed by atoms with Crippen molar-refractivity contribution >= 4 is 36.9 Å².